The summed E-state index contributed by atoms with van der Waals surface area (Å²) in [6.45, 7) is -3.27. The number of ether oxygens (including phenoxy) is 2. The van der Waals surface area contributed by atoms with E-state index in [1.165, 1.54) is 0 Å². The van der Waals surface area contributed by atoms with Crippen LogP contribution in [0.25, 0.3) is 0 Å². The van der Waals surface area contributed by atoms with Gasteiger partial charge in [-0.25, -0.2) is 0 Å². The molecule has 0 heterocycles. The van der Waals surface area contributed by atoms with Gasteiger partial charge in [-0.05, 0) is 0 Å². The van der Waals surface area contributed by atoms with E-state index in [4.69, 9.17) is 0 Å². The molecule has 0 rings (SSSR count). The Labute approximate surface area is 69.4 Å². The lowest BCUT2D eigenvalue weighted by molar-refractivity contribution is -0.328. The van der Waals surface area contributed by atoms with E-state index in [1.54, 1.807) is 0 Å². The minimum atomic E-state index is -4.83. The van der Waals surface area contributed by atoms with Gasteiger partial charge in [-0.2, -0.15) is 13.2 Å². The molecule has 2 nitrogen and oxygen atoms in total. The maximum atomic E-state index is 11.3. The van der Waals surface area contributed by atoms with Crippen molar-refractivity contribution in [2.45, 2.75) is 12.5 Å². The Balaban J connectivity index is 3.28. The van der Waals surface area contributed by atoms with Crippen LogP contribution in [0.4, 0.5) is 26.3 Å². The highest BCUT2D eigenvalue weighted by Crippen LogP contribution is 2.16. The highest BCUT2D eigenvalue weighted by atomic mass is 19.4. The summed E-state index contributed by atoms with van der Waals surface area (Å²) in [6.07, 6.45) is -9.36. The Morgan fingerprint density at radius 2 is 1.38 bits per heavy atom. The summed E-state index contributed by atoms with van der Waals surface area (Å²) in [6, 6.07) is 0. The monoisotopic (exact) mass is 212 g/mol. The Hall–Kier alpha value is -0.500. The molecule has 0 aromatic rings. The summed E-state index contributed by atoms with van der Waals surface area (Å²) in [5.41, 5.74) is 0. The van der Waals surface area contributed by atoms with Crippen LogP contribution in [0.2, 0.25) is 0 Å². The smallest absolute Gasteiger partial charge is 0.370 e. The molecular weight excluding hydrogens is 206 g/mol. The van der Waals surface area contributed by atoms with E-state index in [1.807, 2.05) is 0 Å². The fraction of sp³-hybridized carbons (Fsp3) is 1.00. The van der Waals surface area contributed by atoms with Gasteiger partial charge in [0.2, 0.25) is 0 Å². The Morgan fingerprint density at radius 3 is 1.77 bits per heavy atom. The van der Waals surface area contributed by atoms with E-state index in [0.29, 0.717) is 0 Å². The molecular formula is C5H6F6O2. The van der Waals surface area contributed by atoms with Crippen molar-refractivity contribution in [1.82, 2.24) is 0 Å². The van der Waals surface area contributed by atoms with Gasteiger partial charge in [-0.15, -0.1) is 13.2 Å². The third-order valence-electron chi connectivity index (χ3n) is 0.759. The second kappa shape index (κ2) is 4.66. The summed E-state index contributed by atoms with van der Waals surface area (Å²) in [5.74, 6) is 0. The number of halogens is 6. The minimum absolute atomic E-state index is 0.751. The first kappa shape index (κ1) is 12.5. The van der Waals surface area contributed by atoms with Crippen LogP contribution in [0.5, 0.6) is 0 Å². The summed E-state index contributed by atoms with van der Waals surface area (Å²) < 4.78 is 74.6. The van der Waals surface area contributed by atoms with E-state index < -0.39 is 32.4 Å². The third kappa shape index (κ3) is 11.5. The van der Waals surface area contributed by atoms with Crippen molar-refractivity contribution in [1.29, 1.82) is 0 Å². The average Bonchev–Trinajstić information content (AvgIpc) is 1.81. The van der Waals surface area contributed by atoms with Gasteiger partial charge in [0.1, 0.15) is 6.61 Å². The quantitative estimate of drug-likeness (QED) is 0.524. The van der Waals surface area contributed by atoms with Crippen LogP contribution in [-0.2, 0) is 9.47 Å². The maximum absolute atomic E-state index is 11.3. The van der Waals surface area contributed by atoms with Crippen molar-refractivity contribution in [2.75, 3.05) is 19.8 Å². The van der Waals surface area contributed by atoms with Gasteiger partial charge >= 0.3 is 12.5 Å². The molecule has 0 aromatic carbocycles. The van der Waals surface area contributed by atoms with Crippen LogP contribution in [0, 0.1) is 0 Å². The molecule has 0 bridgehead atoms. The van der Waals surface area contributed by atoms with E-state index in [9.17, 15) is 26.3 Å². The number of alkyl halides is 6. The van der Waals surface area contributed by atoms with Crippen LogP contribution in [0.1, 0.15) is 0 Å². The highest BCUT2D eigenvalue weighted by Gasteiger charge is 2.30. The van der Waals surface area contributed by atoms with Crippen molar-refractivity contribution in [2.24, 2.45) is 0 Å². The van der Waals surface area contributed by atoms with Crippen LogP contribution < -0.4 is 0 Å². The SMILES string of the molecule is FC(F)(F)COCCOC(F)(F)F. The van der Waals surface area contributed by atoms with Gasteiger partial charge in [0.15, 0.2) is 0 Å². The molecule has 0 aliphatic carbocycles. The van der Waals surface area contributed by atoms with Crippen molar-refractivity contribution >= 4 is 0 Å². The summed E-state index contributed by atoms with van der Waals surface area (Å²) in [7, 11) is 0. The van der Waals surface area contributed by atoms with Gasteiger partial charge in [-0.3, -0.25) is 4.74 Å². The first-order valence-electron chi connectivity index (χ1n) is 3.06. The van der Waals surface area contributed by atoms with Crippen molar-refractivity contribution in [3.8, 4) is 0 Å². The predicted molar refractivity (Wildman–Crippen MR) is 28.9 cm³/mol. The van der Waals surface area contributed by atoms with Gasteiger partial charge in [0.05, 0.1) is 13.2 Å². The molecule has 0 aliphatic rings. The lowest BCUT2D eigenvalue weighted by atomic mass is 10.7. The Bertz CT molecular complexity index is 123. The molecule has 0 amide bonds. The average molecular weight is 212 g/mol. The first-order valence-corrected chi connectivity index (χ1v) is 3.06. The maximum Gasteiger partial charge on any atom is 0.522 e. The molecule has 0 radical (unpaired) electrons. The van der Waals surface area contributed by atoms with E-state index in [2.05, 4.69) is 9.47 Å². The summed E-state index contributed by atoms with van der Waals surface area (Å²) in [4.78, 5) is 0. The zero-order valence-corrected chi connectivity index (χ0v) is 6.21. The summed E-state index contributed by atoms with van der Waals surface area (Å²) >= 11 is 0. The molecule has 0 N–H and O–H groups in total. The molecule has 0 saturated carbocycles. The van der Waals surface area contributed by atoms with Crippen molar-refractivity contribution < 1.29 is 35.8 Å². The third-order valence-corrected chi connectivity index (χ3v) is 0.759. The van der Waals surface area contributed by atoms with E-state index in [-0.39, 0.29) is 0 Å². The molecule has 0 saturated heterocycles. The molecule has 0 atom stereocenters. The van der Waals surface area contributed by atoms with Crippen LogP contribution in [0.3, 0.4) is 0 Å². The topological polar surface area (TPSA) is 18.5 Å². The second-order valence-electron chi connectivity index (χ2n) is 1.96. The van der Waals surface area contributed by atoms with Crippen LogP contribution in [-0.4, -0.2) is 32.4 Å². The number of hydrogen-bond donors (Lipinski definition) is 0. The normalized spacial score (nSPS) is 13.4. The van der Waals surface area contributed by atoms with Gasteiger partial charge < -0.3 is 4.74 Å². The summed E-state index contributed by atoms with van der Waals surface area (Å²) in [5, 5.41) is 0. The zero-order chi connectivity index (χ0) is 10.5. The highest BCUT2D eigenvalue weighted by molar-refractivity contribution is 4.45. The molecule has 0 fully saturated rings. The number of hydrogen-bond acceptors (Lipinski definition) is 2. The molecule has 0 aliphatic heterocycles. The zero-order valence-electron chi connectivity index (χ0n) is 6.21. The Kier molecular flexibility index (Phi) is 4.48. The van der Waals surface area contributed by atoms with Crippen LogP contribution >= 0.6 is 0 Å². The fourth-order valence-electron chi connectivity index (χ4n) is 0.404. The van der Waals surface area contributed by atoms with Crippen LogP contribution in [0.15, 0.2) is 0 Å². The fourth-order valence-corrected chi connectivity index (χ4v) is 0.404. The second-order valence-corrected chi connectivity index (χ2v) is 1.96. The molecule has 0 unspecified atom stereocenters. The first-order chi connectivity index (χ1) is 5.71. The van der Waals surface area contributed by atoms with Gasteiger partial charge in [0.25, 0.3) is 0 Å². The molecule has 0 spiro atoms. The largest absolute Gasteiger partial charge is 0.522 e. The predicted octanol–water partition coefficient (Wildman–Crippen LogP) is 2.10. The van der Waals surface area contributed by atoms with E-state index >= 15 is 0 Å². The van der Waals surface area contributed by atoms with Gasteiger partial charge in [0, 0.05) is 0 Å². The lowest BCUT2D eigenvalue weighted by Gasteiger charge is -2.09. The molecule has 0 aromatic heterocycles. The van der Waals surface area contributed by atoms with Crippen molar-refractivity contribution in [3.05, 3.63) is 0 Å². The lowest BCUT2D eigenvalue weighted by Crippen LogP contribution is -2.21. The van der Waals surface area contributed by atoms with Crippen molar-refractivity contribution in [3.63, 3.8) is 0 Å². The Morgan fingerprint density at radius 1 is 0.846 bits per heavy atom. The standard InChI is InChI=1S/C5H6F6O2/c6-4(7,8)3-12-1-2-13-5(9,10)11/h1-3H2. The number of rotatable bonds is 4. The molecule has 80 valence electrons. The minimum Gasteiger partial charge on any atom is -0.370 e. The molecule has 8 heteroatoms. The van der Waals surface area contributed by atoms with E-state index in [0.717, 1.165) is 0 Å². The molecule has 13 heavy (non-hydrogen) atoms. The van der Waals surface area contributed by atoms with Gasteiger partial charge in [-0.1, -0.05) is 0 Å².